The van der Waals surface area contributed by atoms with E-state index in [9.17, 15) is 19.6 Å². The third-order valence-corrected chi connectivity index (χ3v) is 7.29. The van der Waals surface area contributed by atoms with Crippen LogP contribution in [0.1, 0.15) is 22.6 Å². The average molecular weight is 558 g/mol. The number of nitriles is 1. The smallest absolute Gasteiger partial charge is 0.319 e. The molecule has 1 aliphatic rings. The van der Waals surface area contributed by atoms with E-state index < -0.39 is 23.7 Å². The molecule has 10 heteroatoms. The van der Waals surface area contributed by atoms with E-state index in [4.69, 9.17) is 9.47 Å². The van der Waals surface area contributed by atoms with E-state index in [1.165, 1.54) is 14.2 Å². The van der Waals surface area contributed by atoms with E-state index in [1.54, 1.807) is 18.2 Å². The van der Waals surface area contributed by atoms with E-state index in [2.05, 4.69) is 32.6 Å². The van der Waals surface area contributed by atoms with Gasteiger partial charge < -0.3 is 20.1 Å². The first-order chi connectivity index (χ1) is 16.7. The number of thioether (sulfide) groups is 1. The summed E-state index contributed by atoms with van der Waals surface area (Å²) < 4.78 is 10.7. The Morgan fingerprint density at radius 1 is 1.17 bits per heavy atom. The Balaban J connectivity index is 1.91. The van der Waals surface area contributed by atoms with Crippen molar-refractivity contribution in [2.45, 2.75) is 19.8 Å². The number of halogens is 1. The fraction of sp³-hybridized carbons (Fsp3) is 0.280. The maximum absolute atomic E-state index is 13.0. The first-order valence-electron chi connectivity index (χ1n) is 10.6. The molecule has 1 aliphatic heterocycles. The van der Waals surface area contributed by atoms with Gasteiger partial charge in [0, 0.05) is 11.6 Å². The third-order valence-electron chi connectivity index (χ3n) is 5.66. The summed E-state index contributed by atoms with van der Waals surface area (Å²) in [4.78, 5) is 38.1. The minimum Gasteiger partial charge on any atom is -0.496 e. The second-order valence-corrected chi connectivity index (χ2v) is 9.69. The second-order valence-electron chi connectivity index (χ2n) is 7.85. The molecule has 2 atom stereocenters. The molecular weight excluding hydrogens is 534 g/mol. The van der Waals surface area contributed by atoms with E-state index in [1.807, 2.05) is 32.0 Å². The molecule has 2 aromatic carbocycles. The molecule has 0 fully saturated rings. The summed E-state index contributed by atoms with van der Waals surface area (Å²) in [5.74, 6) is -3.30. The third kappa shape index (κ3) is 5.86. The molecule has 0 unspecified atom stereocenters. The lowest BCUT2D eigenvalue weighted by atomic mass is 9.78. The largest absolute Gasteiger partial charge is 0.496 e. The number of carbonyl (C=O) groups is 3. The van der Waals surface area contributed by atoms with Crippen LogP contribution in [-0.2, 0) is 19.1 Å². The average Bonchev–Trinajstić information content (AvgIpc) is 2.84. The zero-order valence-electron chi connectivity index (χ0n) is 19.6. The predicted molar refractivity (Wildman–Crippen MR) is 137 cm³/mol. The molecule has 0 aliphatic carbocycles. The van der Waals surface area contributed by atoms with Crippen LogP contribution in [0.5, 0.6) is 5.75 Å². The van der Waals surface area contributed by atoms with Gasteiger partial charge in [0.2, 0.25) is 11.8 Å². The summed E-state index contributed by atoms with van der Waals surface area (Å²) in [6.45, 7) is 3.94. The van der Waals surface area contributed by atoms with Crippen molar-refractivity contribution in [3.8, 4) is 11.8 Å². The summed E-state index contributed by atoms with van der Waals surface area (Å²) in [5, 5.41) is 15.7. The van der Waals surface area contributed by atoms with Gasteiger partial charge in [0.25, 0.3) is 0 Å². The van der Waals surface area contributed by atoms with E-state index in [0.717, 1.165) is 22.9 Å². The minimum absolute atomic E-state index is 0.0460. The molecule has 0 spiro atoms. The molecule has 35 heavy (non-hydrogen) atoms. The fourth-order valence-corrected chi connectivity index (χ4v) is 5.12. The topological polar surface area (TPSA) is 118 Å². The van der Waals surface area contributed by atoms with Crippen molar-refractivity contribution >= 4 is 51.2 Å². The van der Waals surface area contributed by atoms with Crippen LogP contribution in [0.3, 0.4) is 0 Å². The van der Waals surface area contributed by atoms with Crippen LogP contribution in [0.2, 0.25) is 0 Å². The van der Waals surface area contributed by atoms with Gasteiger partial charge >= 0.3 is 5.97 Å². The quantitative estimate of drug-likeness (QED) is 0.387. The lowest BCUT2D eigenvalue weighted by molar-refractivity contribution is -0.150. The summed E-state index contributed by atoms with van der Waals surface area (Å²) >= 11 is 4.44. The minimum atomic E-state index is -1.26. The number of hydrogen-bond donors (Lipinski definition) is 2. The van der Waals surface area contributed by atoms with E-state index >= 15 is 0 Å². The fourth-order valence-electron chi connectivity index (χ4n) is 3.71. The number of anilines is 1. The lowest BCUT2D eigenvalue weighted by Gasteiger charge is -2.31. The van der Waals surface area contributed by atoms with Crippen LogP contribution >= 0.6 is 27.7 Å². The van der Waals surface area contributed by atoms with Gasteiger partial charge in [-0.05, 0) is 70.7 Å². The van der Waals surface area contributed by atoms with Crippen molar-refractivity contribution in [1.82, 2.24) is 5.32 Å². The number of aryl methyl sites for hydroxylation is 2. The van der Waals surface area contributed by atoms with Crippen LogP contribution in [0.15, 0.2) is 51.5 Å². The monoisotopic (exact) mass is 557 g/mol. The molecule has 0 saturated carbocycles. The number of esters is 1. The van der Waals surface area contributed by atoms with E-state index in [-0.39, 0.29) is 22.3 Å². The van der Waals surface area contributed by atoms with Gasteiger partial charge in [0.1, 0.15) is 11.7 Å². The second kappa shape index (κ2) is 11.4. The molecule has 182 valence electrons. The Kier molecular flexibility index (Phi) is 8.59. The maximum atomic E-state index is 13.0. The highest BCUT2D eigenvalue weighted by atomic mass is 79.9. The lowest BCUT2D eigenvalue weighted by Crippen LogP contribution is -2.44. The van der Waals surface area contributed by atoms with Gasteiger partial charge in [-0.3, -0.25) is 14.4 Å². The molecule has 8 nitrogen and oxygen atoms in total. The summed E-state index contributed by atoms with van der Waals surface area (Å²) in [6, 6.07) is 12.8. The van der Waals surface area contributed by atoms with Crippen molar-refractivity contribution in [3.63, 3.8) is 0 Å². The molecule has 0 bridgehead atoms. The van der Waals surface area contributed by atoms with E-state index in [0.29, 0.717) is 21.5 Å². The number of allylic oxidation sites excluding steroid dienone is 1. The number of nitrogens with one attached hydrogen (secondary N) is 2. The number of hydrogen-bond acceptors (Lipinski definition) is 7. The molecule has 0 radical (unpaired) electrons. The molecule has 2 N–H and O–H groups in total. The Morgan fingerprint density at radius 2 is 1.91 bits per heavy atom. The number of methoxy groups -OCH3 is 2. The van der Waals surface area contributed by atoms with Crippen LogP contribution in [0.4, 0.5) is 5.69 Å². The number of carbonyl (C=O) groups excluding carboxylic acids is 3. The van der Waals surface area contributed by atoms with Crippen LogP contribution in [0, 0.1) is 31.1 Å². The highest BCUT2D eigenvalue weighted by molar-refractivity contribution is 9.10. The van der Waals surface area contributed by atoms with Crippen LogP contribution < -0.4 is 15.4 Å². The maximum Gasteiger partial charge on any atom is 0.319 e. The van der Waals surface area contributed by atoms with Crippen LogP contribution in [0.25, 0.3) is 0 Å². The van der Waals surface area contributed by atoms with Gasteiger partial charge in [0.05, 0.1) is 41.1 Å². The number of nitrogens with zero attached hydrogens (tertiary/aromatic N) is 1. The Hall–Kier alpha value is -3.29. The SMILES string of the molecule is COC(=O)[C@H]1C(=O)NC(SCC(=O)Nc2ccc(C)c(C)c2)=C(C#N)[C@H]1c1ccc(OC)c(Br)c1. The molecule has 0 saturated heterocycles. The van der Waals surface area contributed by atoms with Gasteiger partial charge in [-0.25, -0.2) is 0 Å². The molecule has 1 heterocycles. The zero-order valence-corrected chi connectivity index (χ0v) is 22.0. The number of amides is 2. The number of ether oxygens (including phenoxy) is 2. The number of rotatable bonds is 7. The first kappa shape index (κ1) is 26.3. The first-order valence-corrected chi connectivity index (χ1v) is 12.3. The van der Waals surface area contributed by atoms with Crippen molar-refractivity contribution in [1.29, 1.82) is 5.26 Å². The molecule has 2 amide bonds. The molecule has 3 rings (SSSR count). The van der Waals surface area contributed by atoms with Crippen LogP contribution in [-0.4, -0.2) is 37.8 Å². The van der Waals surface area contributed by atoms with Crippen molar-refractivity contribution in [2.24, 2.45) is 5.92 Å². The van der Waals surface area contributed by atoms with Gasteiger partial charge in [-0.15, -0.1) is 0 Å². The summed E-state index contributed by atoms with van der Waals surface area (Å²) in [5.41, 5.74) is 3.54. The molecular formula is C25H24BrN3O5S. The normalized spacial score (nSPS) is 17.3. The van der Waals surface area contributed by atoms with Crippen molar-refractivity contribution in [3.05, 3.63) is 68.2 Å². The Morgan fingerprint density at radius 3 is 2.51 bits per heavy atom. The van der Waals surface area contributed by atoms with Crippen molar-refractivity contribution < 1.29 is 23.9 Å². The Bertz CT molecular complexity index is 1250. The highest BCUT2D eigenvalue weighted by Gasteiger charge is 2.44. The van der Waals surface area contributed by atoms with Gasteiger partial charge in [-0.1, -0.05) is 23.9 Å². The molecule has 2 aromatic rings. The standard InChI is InChI=1S/C25H24BrN3O5S/c1-13-5-7-16(9-14(13)2)28-20(30)12-35-24-17(11-27)21(22(23(31)29-24)25(32)34-4)15-6-8-19(33-3)18(26)10-15/h5-10,21-22H,12H2,1-4H3,(H,28,30)(H,29,31)/t21-,22-/m1/s1. The zero-order chi connectivity index (χ0) is 25.7. The Labute approximate surface area is 216 Å². The highest BCUT2D eigenvalue weighted by Crippen LogP contribution is 2.42. The number of benzene rings is 2. The summed E-state index contributed by atoms with van der Waals surface area (Å²) in [6.07, 6.45) is 0. The van der Waals surface area contributed by atoms with Gasteiger partial charge in [0.15, 0.2) is 0 Å². The summed E-state index contributed by atoms with van der Waals surface area (Å²) in [7, 11) is 2.71. The molecule has 0 aromatic heterocycles. The van der Waals surface area contributed by atoms with Gasteiger partial charge in [-0.2, -0.15) is 5.26 Å². The van der Waals surface area contributed by atoms with Crippen molar-refractivity contribution in [2.75, 3.05) is 25.3 Å². The predicted octanol–water partition coefficient (Wildman–Crippen LogP) is 4.18.